The van der Waals surface area contributed by atoms with E-state index in [2.05, 4.69) is 51.4 Å². The Morgan fingerprint density at radius 1 is 1.29 bits per heavy atom. The molecule has 28 heavy (non-hydrogen) atoms. The van der Waals surface area contributed by atoms with Crippen LogP contribution in [0.1, 0.15) is 18.1 Å². The minimum Gasteiger partial charge on any atom is -0.380 e. The molecule has 1 saturated heterocycles. The van der Waals surface area contributed by atoms with Crippen LogP contribution in [0.3, 0.4) is 0 Å². The molecule has 0 saturated carbocycles. The van der Waals surface area contributed by atoms with Crippen molar-refractivity contribution in [3.8, 4) is 0 Å². The Kier molecular flexibility index (Phi) is 6.97. The molecule has 0 spiro atoms. The Hall–Kier alpha value is -2.48. The number of ether oxygens (including phenoxy) is 2. The molecule has 7 nitrogen and oxygen atoms in total. The molecule has 1 aromatic carbocycles. The molecule has 150 valence electrons. The van der Waals surface area contributed by atoms with Gasteiger partial charge < -0.3 is 25.4 Å². The van der Waals surface area contributed by atoms with E-state index in [1.54, 1.807) is 20.4 Å². The van der Waals surface area contributed by atoms with Gasteiger partial charge in [0.1, 0.15) is 5.82 Å². The van der Waals surface area contributed by atoms with E-state index in [1.165, 1.54) is 16.7 Å². The van der Waals surface area contributed by atoms with Gasteiger partial charge in [0.25, 0.3) is 0 Å². The molecule has 3 N–H and O–H groups in total. The van der Waals surface area contributed by atoms with Gasteiger partial charge in [-0.25, -0.2) is 4.98 Å². The van der Waals surface area contributed by atoms with E-state index in [9.17, 15) is 0 Å². The molecular weight excluding hydrogens is 354 g/mol. The molecule has 1 aromatic heterocycles. The lowest BCUT2D eigenvalue weighted by Crippen LogP contribution is -2.40. The minimum absolute atomic E-state index is 0.0877. The first-order valence-corrected chi connectivity index (χ1v) is 9.44. The summed E-state index contributed by atoms with van der Waals surface area (Å²) >= 11 is 0. The second-order valence-corrected chi connectivity index (χ2v) is 7.06. The Morgan fingerprint density at radius 3 is 2.86 bits per heavy atom. The molecule has 0 amide bonds. The maximum absolute atomic E-state index is 5.72. The number of anilines is 2. The van der Waals surface area contributed by atoms with Crippen LogP contribution in [0.4, 0.5) is 11.8 Å². The number of hydrogen-bond acceptors (Lipinski definition) is 7. The molecular formula is C21H29N5O2. The topological polar surface area (TPSA) is 85.5 Å². The predicted octanol–water partition coefficient (Wildman–Crippen LogP) is 2.10. The van der Waals surface area contributed by atoms with Crippen molar-refractivity contribution in [2.45, 2.75) is 25.7 Å². The molecule has 2 atom stereocenters. The van der Waals surface area contributed by atoms with Gasteiger partial charge in [-0.2, -0.15) is 4.98 Å². The SMILES string of the molecule is COCc1ccccc1/C=C(\C)CN[C@@H]1CN(c2ccnc(N)n2)C[C@@H]1OC. The minimum atomic E-state index is 0.0877. The number of benzene rings is 1. The summed E-state index contributed by atoms with van der Waals surface area (Å²) in [5.74, 6) is 1.12. The molecule has 2 heterocycles. The van der Waals surface area contributed by atoms with Crippen LogP contribution < -0.4 is 16.0 Å². The Labute approximate surface area is 166 Å². The summed E-state index contributed by atoms with van der Waals surface area (Å²) in [7, 11) is 3.47. The number of hydrogen-bond donors (Lipinski definition) is 2. The standard InChI is InChI=1S/C21H29N5O2/c1-15(10-16-6-4-5-7-17(16)14-27-2)11-24-18-12-26(13-19(18)28-3)20-8-9-23-21(22)25-20/h4-10,18-19,24H,11-14H2,1-3H3,(H2,22,23,25)/b15-10+/t18-,19+/m1/s1. The molecule has 3 rings (SSSR count). The number of aromatic nitrogens is 2. The highest BCUT2D eigenvalue weighted by Crippen LogP contribution is 2.21. The fourth-order valence-corrected chi connectivity index (χ4v) is 3.51. The first-order chi connectivity index (χ1) is 13.6. The van der Waals surface area contributed by atoms with Crippen LogP contribution in [0, 0.1) is 0 Å². The van der Waals surface area contributed by atoms with E-state index < -0.39 is 0 Å². The highest BCUT2D eigenvalue weighted by atomic mass is 16.5. The molecule has 7 heteroatoms. The van der Waals surface area contributed by atoms with Crippen molar-refractivity contribution >= 4 is 17.8 Å². The van der Waals surface area contributed by atoms with E-state index in [1.807, 2.05) is 12.1 Å². The summed E-state index contributed by atoms with van der Waals surface area (Å²) in [6.45, 7) is 5.10. The van der Waals surface area contributed by atoms with Crippen molar-refractivity contribution in [1.82, 2.24) is 15.3 Å². The van der Waals surface area contributed by atoms with Crippen LogP contribution in [0.5, 0.6) is 0 Å². The monoisotopic (exact) mass is 383 g/mol. The smallest absolute Gasteiger partial charge is 0.221 e. The van der Waals surface area contributed by atoms with Gasteiger partial charge in [-0.1, -0.05) is 35.9 Å². The molecule has 0 bridgehead atoms. The third-order valence-electron chi connectivity index (χ3n) is 4.95. The lowest BCUT2D eigenvalue weighted by atomic mass is 10.1. The fourth-order valence-electron chi connectivity index (χ4n) is 3.51. The third-order valence-corrected chi connectivity index (χ3v) is 4.95. The summed E-state index contributed by atoms with van der Waals surface area (Å²) in [6.07, 6.45) is 3.98. The van der Waals surface area contributed by atoms with Gasteiger partial charge in [-0.3, -0.25) is 0 Å². The molecule has 1 aliphatic heterocycles. The number of nitrogens with one attached hydrogen (secondary N) is 1. The van der Waals surface area contributed by atoms with Gasteiger partial charge in [0.15, 0.2) is 0 Å². The van der Waals surface area contributed by atoms with E-state index >= 15 is 0 Å². The van der Waals surface area contributed by atoms with Crippen molar-refractivity contribution in [2.24, 2.45) is 0 Å². The average Bonchev–Trinajstić information content (AvgIpc) is 3.11. The first-order valence-electron chi connectivity index (χ1n) is 9.44. The number of nitrogens with zero attached hydrogens (tertiary/aromatic N) is 3. The highest BCUT2D eigenvalue weighted by Gasteiger charge is 2.33. The Bertz CT molecular complexity index is 811. The van der Waals surface area contributed by atoms with Crippen LogP contribution >= 0.6 is 0 Å². The summed E-state index contributed by atoms with van der Waals surface area (Å²) in [4.78, 5) is 10.5. The van der Waals surface area contributed by atoms with Gasteiger partial charge in [0, 0.05) is 40.1 Å². The van der Waals surface area contributed by atoms with Crippen LogP contribution in [-0.2, 0) is 16.1 Å². The second-order valence-electron chi connectivity index (χ2n) is 7.06. The lowest BCUT2D eigenvalue weighted by Gasteiger charge is -2.18. The van der Waals surface area contributed by atoms with Gasteiger partial charge >= 0.3 is 0 Å². The zero-order valence-corrected chi connectivity index (χ0v) is 16.8. The number of nitrogen functional groups attached to an aromatic ring is 1. The van der Waals surface area contributed by atoms with Crippen LogP contribution in [-0.4, -0.2) is 56.0 Å². The van der Waals surface area contributed by atoms with Crippen molar-refractivity contribution in [1.29, 1.82) is 0 Å². The van der Waals surface area contributed by atoms with Crippen LogP contribution in [0.15, 0.2) is 42.1 Å². The second kappa shape index (κ2) is 9.64. The Balaban J connectivity index is 1.63. The molecule has 1 aliphatic rings. The van der Waals surface area contributed by atoms with Crippen molar-refractivity contribution in [2.75, 3.05) is 44.5 Å². The predicted molar refractivity (Wildman–Crippen MR) is 112 cm³/mol. The highest BCUT2D eigenvalue weighted by molar-refractivity contribution is 5.56. The molecule has 2 aromatic rings. The van der Waals surface area contributed by atoms with E-state index in [-0.39, 0.29) is 18.1 Å². The maximum Gasteiger partial charge on any atom is 0.221 e. The normalized spacial score (nSPS) is 20.0. The summed E-state index contributed by atoms with van der Waals surface area (Å²) < 4.78 is 11.0. The largest absolute Gasteiger partial charge is 0.380 e. The van der Waals surface area contributed by atoms with E-state index in [4.69, 9.17) is 15.2 Å². The first kappa shape index (κ1) is 20.3. The molecule has 1 fully saturated rings. The molecule has 0 radical (unpaired) electrons. The van der Waals surface area contributed by atoms with Crippen molar-refractivity contribution in [3.05, 3.63) is 53.2 Å². The van der Waals surface area contributed by atoms with Crippen LogP contribution in [0.2, 0.25) is 0 Å². The lowest BCUT2D eigenvalue weighted by molar-refractivity contribution is 0.0981. The molecule has 0 aliphatic carbocycles. The van der Waals surface area contributed by atoms with E-state index in [0.29, 0.717) is 6.61 Å². The number of rotatable bonds is 8. The van der Waals surface area contributed by atoms with Gasteiger partial charge in [0.2, 0.25) is 5.95 Å². The number of nitrogens with two attached hydrogens (primary N) is 1. The van der Waals surface area contributed by atoms with Gasteiger partial charge in [-0.05, 0) is 24.1 Å². The average molecular weight is 383 g/mol. The zero-order valence-electron chi connectivity index (χ0n) is 16.8. The maximum atomic E-state index is 5.72. The fraction of sp³-hybridized carbons (Fsp3) is 0.429. The number of methoxy groups -OCH3 is 2. The zero-order chi connectivity index (χ0) is 19.9. The van der Waals surface area contributed by atoms with Crippen LogP contribution in [0.25, 0.3) is 6.08 Å². The summed E-state index contributed by atoms with van der Waals surface area (Å²) in [5.41, 5.74) is 9.35. The third kappa shape index (κ3) is 5.07. The summed E-state index contributed by atoms with van der Waals surface area (Å²) in [6, 6.07) is 10.4. The quantitative estimate of drug-likeness (QED) is 0.722. The molecule has 0 unspecified atom stereocenters. The summed E-state index contributed by atoms with van der Waals surface area (Å²) in [5, 5.41) is 3.63. The Morgan fingerprint density at radius 2 is 2.11 bits per heavy atom. The van der Waals surface area contributed by atoms with Crippen molar-refractivity contribution in [3.63, 3.8) is 0 Å². The van der Waals surface area contributed by atoms with E-state index in [0.717, 1.165) is 25.5 Å². The van der Waals surface area contributed by atoms with Crippen molar-refractivity contribution < 1.29 is 9.47 Å². The van der Waals surface area contributed by atoms with Gasteiger partial charge in [0.05, 0.1) is 18.8 Å². The van der Waals surface area contributed by atoms with Gasteiger partial charge in [-0.15, -0.1) is 0 Å².